The number of nitrogens with one attached hydrogen (secondary N) is 1. The van der Waals surface area contributed by atoms with Gasteiger partial charge in [-0.1, -0.05) is 31.0 Å². The van der Waals surface area contributed by atoms with Gasteiger partial charge in [-0.25, -0.2) is 9.78 Å². The smallest absolute Gasteiger partial charge is 0.408 e. The number of pyridine rings is 1. The van der Waals surface area contributed by atoms with E-state index in [1.54, 1.807) is 6.20 Å². The fourth-order valence-electron chi connectivity index (χ4n) is 4.28. The van der Waals surface area contributed by atoms with E-state index in [-0.39, 0.29) is 11.6 Å². The minimum atomic E-state index is -0.539. The number of carbonyl (C=O) groups excluding carboxylic acids is 1. The van der Waals surface area contributed by atoms with Gasteiger partial charge in [0.2, 0.25) is 5.88 Å². The summed E-state index contributed by atoms with van der Waals surface area (Å²) in [6.45, 7) is 12.2. The highest BCUT2D eigenvalue weighted by Crippen LogP contribution is 2.38. The summed E-state index contributed by atoms with van der Waals surface area (Å²) in [5.74, 6) is 1.25. The van der Waals surface area contributed by atoms with Gasteiger partial charge in [0.15, 0.2) is 0 Å². The second-order valence-corrected chi connectivity index (χ2v) is 10.4. The van der Waals surface area contributed by atoms with E-state index in [2.05, 4.69) is 23.8 Å². The molecule has 186 valence electrons. The third-order valence-corrected chi connectivity index (χ3v) is 6.30. The van der Waals surface area contributed by atoms with Gasteiger partial charge in [-0.05, 0) is 82.9 Å². The van der Waals surface area contributed by atoms with Gasteiger partial charge in [0.25, 0.3) is 0 Å². The van der Waals surface area contributed by atoms with Crippen molar-refractivity contribution in [2.24, 2.45) is 0 Å². The Morgan fingerprint density at radius 1 is 1.32 bits per heavy atom. The van der Waals surface area contributed by atoms with Gasteiger partial charge in [-0.3, -0.25) is 0 Å². The Morgan fingerprint density at radius 2 is 2.06 bits per heavy atom. The lowest BCUT2D eigenvalue weighted by molar-refractivity contribution is 0.0367. The topological polar surface area (TPSA) is 69.7 Å². The number of aromatic nitrogens is 1. The zero-order chi connectivity index (χ0) is 24.8. The minimum absolute atomic E-state index is 0.00967. The van der Waals surface area contributed by atoms with Crippen LogP contribution in [0.3, 0.4) is 0 Å². The molecule has 0 spiro atoms. The van der Waals surface area contributed by atoms with Crippen molar-refractivity contribution in [3.05, 3.63) is 42.1 Å². The molecule has 1 amide bonds. The number of halogens is 1. The first-order valence-electron chi connectivity index (χ1n) is 12.1. The number of unbranched alkanes of at least 4 members (excludes halogenated alkanes) is 1. The van der Waals surface area contributed by atoms with Crippen molar-refractivity contribution in [3.8, 4) is 11.6 Å². The zero-order valence-electron chi connectivity index (χ0n) is 20.8. The van der Waals surface area contributed by atoms with Crippen molar-refractivity contribution in [1.29, 1.82) is 0 Å². The first-order chi connectivity index (χ1) is 16.1. The van der Waals surface area contributed by atoms with Gasteiger partial charge < -0.3 is 19.5 Å². The quantitative estimate of drug-likeness (QED) is 0.298. The Balaban J connectivity index is 1.67. The van der Waals surface area contributed by atoms with Crippen LogP contribution in [0.5, 0.6) is 11.6 Å². The fourth-order valence-corrected chi connectivity index (χ4v) is 4.49. The van der Waals surface area contributed by atoms with Crippen molar-refractivity contribution < 1.29 is 19.0 Å². The number of fused-ring (bicyclic) bond motifs is 1. The number of nitrogens with zero attached hydrogens (tertiary/aromatic N) is 1. The van der Waals surface area contributed by atoms with Crippen LogP contribution in [0.15, 0.2) is 37.1 Å². The highest BCUT2D eigenvalue weighted by Gasteiger charge is 2.37. The molecule has 1 N–H and O–H groups in total. The van der Waals surface area contributed by atoms with E-state index < -0.39 is 11.7 Å². The third kappa shape index (κ3) is 7.02. The standard InChI is InChI=1S/C27H37ClN2O4/c1-6-8-16-32-24-21-18-22(28)23(17-19(21)11-15-29-24)33-20-9-13-27(12-7-2,14-10-20)30-25(31)34-26(3,4)5/h7,11,15,17-18,20H,2,6,8-10,12-14,16H2,1,3-5H3,(H,30,31). The molecule has 0 atom stereocenters. The number of hydrogen-bond acceptors (Lipinski definition) is 5. The summed E-state index contributed by atoms with van der Waals surface area (Å²) in [5.41, 5.74) is -0.906. The van der Waals surface area contributed by atoms with Gasteiger partial charge in [0.1, 0.15) is 11.4 Å². The largest absolute Gasteiger partial charge is 0.489 e. The van der Waals surface area contributed by atoms with E-state index in [0.29, 0.717) is 29.7 Å². The normalized spacial score (nSPS) is 20.6. The predicted molar refractivity (Wildman–Crippen MR) is 137 cm³/mol. The van der Waals surface area contributed by atoms with E-state index in [1.165, 1.54) is 0 Å². The summed E-state index contributed by atoms with van der Waals surface area (Å²) in [5, 5.41) is 5.50. The molecule has 2 aromatic rings. The maximum atomic E-state index is 12.4. The Kier molecular flexibility index (Phi) is 8.69. The summed E-state index contributed by atoms with van der Waals surface area (Å²) in [7, 11) is 0. The summed E-state index contributed by atoms with van der Waals surface area (Å²) >= 11 is 6.60. The number of rotatable bonds is 9. The second kappa shape index (κ2) is 11.3. The van der Waals surface area contributed by atoms with Crippen LogP contribution in [0.4, 0.5) is 4.79 Å². The minimum Gasteiger partial charge on any atom is -0.489 e. The molecule has 0 aliphatic heterocycles. The van der Waals surface area contributed by atoms with Crippen LogP contribution < -0.4 is 14.8 Å². The average molecular weight is 489 g/mol. The van der Waals surface area contributed by atoms with Gasteiger partial charge in [0, 0.05) is 17.1 Å². The Hall–Kier alpha value is -2.47. The SMILES string of the molecule is C=CCC1(NC(=O)OC(C)(C)C)CCC(Oc2cc3ccnc(OCCCC)c3cc2Cl)CC1. The molecule has 3 rings (SSSR count). The van der Waals surface area contributed by atoms with Crippen LogP contribution in [-0.4, -0.2) is 34.9 Å². The number of ether oxygens (including phenoxy) is 3. The number of alkyl carbamates (subject to hydrolysis) is 1. The Labute approximate surface area is 208 Å². The molecular formula is C27H37ClN2O4. The molecule has 0 radical (unpaired) electrons. The molecule has 1 aliphatic rings. The number of benzene rings is 1. The van der Waals surface area contributed by atoms with Crippen molar-refractivity contribution in [2.45, 2.75) is 89.9 Å². The van der Waals surface area contributed by atoms with E-state index >= 15 is 0 Å². The number of carbonyl (C=O) groups is 1. The maximum absolute atomic E-state index is 12.4. The van der Waals surface area contributed by atoms with Crippen LogP contribution in [0.25, 0.3) is 10.8 Å². The van der Waals surface area contributed by atoms with Crippen LogP contribution in [0.1, 0.15) is 72.6 Å². The Morgan fingerprint density at radius 3 is 2.71 bits per heavy atom. The summed E-state index contributed by atoms with van der Waals surface area (Å²) < 4.78 is 17.7. The molecule has 1 aromatic carbocycles. The number of hydrogen-bond donors (Lipinski definition) is 1. The molecule has 1 heterocycles. The van der Waals surface area contributed by atoms with E-state index in [4.69, 9.17) is 25.8 Å². The fraction of sp³-hybridized carbons (Fsp3) is 0.556. The maximum Gasteiger partial charge on any atom is 0.408 e. The van der Waals surface area contributed by atoms with Crippen LogP contribution >= 0.6 is 11.6 Å². The van der Waals surface area contributed by atoms with E-state index in [9.17, 15) is 4.79 Å². The molecular weight excluding hydrogens is 452 g/mol. The van der Waals surface area contributed by atoms with Crippen LogP contribution in [-0.2, 0) is 4.74 Å². The van der Waals surface area contributed by atoms with Crippen molar-refractivity contribution >= 4 is 28.5 Å². The first-order valence-corrected chi connectivity index (χ1v) is 12.5. The number of amides is 1. The van der Waals surface area contributed by atoms with Gasteiger partial charge in [0.05, 0.1) is 17.7 Å². The molecule has 1 saturated carbocycles. The van der Waals surface area contributed by atoms with Crippen LogP contribution in [0.2, 0.25) is 5.02 Å². The van der Waals surface area contributed by atoms with Gasteiger partial charge in [-0.2, -0.15) is 0 Å². The molecule has 34 heavy (non-hydrogen) atoms. The van der Waals surface area contributed by atoms with Crippen LogP contribution in [0, 0.1) is 0 Å². The lowest BCUT2D eigenvalue weighted by Gasteiger charge is -2.40. The lowest BCUT2D eigenvalue weighted by atomic mass is 9.78. The predicted octanol–water partition coefficient (Wildman–Crippen LogP) is 7.23. The molecule has 1 fully saturated rings. The molecule has 7 heteroatoms. The average Bonchev–Trinajstić information content (AvgIpc) is 2.75. The van der Waals surface area contributed by atoms with Crippen molar-refractivity contribution in [2.75, 3.05) is 6.61 Å². The van der Waals surface area contributed by atoms with Gasteiger partial charge >= 0.3 is 6.09 Å². The molecule has 0 unspecified atom stereocenters. The molecule has 1 aromatic heterocycles. The van der Waals surface area contributed by atoms with Gasteiger partial charge in [-0.15, -0.1) is 6.58 Å². The third-order valence-electron chi connectivity index (χ3n) is 6.00. The summed E-state index contributed by atoms with van der Waals surface area (Å²) in [6.07, 6.45) is 9.06. The highest BCUT2D eigenvalue weighted by molar-refractivity contribution is 6.33. The zero-order valence-corrected chi connectivity index (χ0v) is 21.5. The summed E-state index contributed by atoms with van der Waals surface area (Å²) in [6, 6.07) is 5.76. The molecule has 1 aliphatic carbocycles. The Bertz CT molecular complexity index is 994. The lowest BCUT2D eigenvalue weighted by Crippen LogP contribution is -2.52. The molecule has 6 nitrogen and oxygen atoms in total. The monoisotopic (exact) mass is 488 g/mol. The van der Waals surface area contributed by atoms with Crippen molar-refractivity contribution in [3.63, 3.8) is 0 Å². The molecule has 0 saturated heterocycles. The van der Waals surface area contributed by atoms with Crippen molar-refractivity contribution in [1.82, 2.24) is 10.3 Å². The summed E-state index contributed by atoms with van der Waals surface area (Å²) in [4.78, 5) is 16.8. The highest BCUT2D eigenvalue weighted by atomic mass is 35.5. The first kappa shape index (κ1) is 26.1. The van der Waals surface area contributed by atoms with E-state index in [1.807, 2.05) is 45.0 Å². The van der Waals surface area contributed by atoms with E-state index in [0.717, 1.165) is 49.3 Å². The molecule has 0 bridgehead atoms. The second-order valence-electron chi connectivity index (χ2n) is 10.0.